The summed E-state index contributed by atoms with van der Waals surface area (Å²) < 4.78 is 1.22. The van der Waals surface area contributed by atoms with Gasteiger partial charge in [0.25, 0.3) is 0 Å². The molecule has 0 saturated heterocycles. The maximum atomic E-state index is 8.98. The van der Waals surface area contributed by atoms with Crippen LogP contribution in [0.25, 0.3) is 0 Å². The summed E-state index contributed by atoms with van der Waals surface area (Å²) in [4.78, 5) is 0. The van der Waals surface area contributed by atoms with Gasteiger partial charge in [0.15, 0.2) is 0 Å². The Balaban J connectivity index is 2.48. The molecule has 2 heteroatoms. The van der Waals surface area contributed by atoms with Crippen molar-refractivity contribution in [3.05, 3.63) is 33.4 Å². The van der Waals surface area contributed by atoms with E-state index in [2.05, 4.69) is 40.8 Å². The van der Waals surface area contributed by atoms with Crippen molar-refractivity contribution >= 4 is 22.6 Å². The van der Waals surface area contributed by atoms with Gasteiger partial charge < -0.3 is 0 Å². The summed E-state index contributed by atoms with van der Waals surface area (Å²) in [5.41, 5.74) is 1.09. The van der Waals surface area contributed by atoms with Gasteiger partial charge in [-0.2, -0.15) is 5.26 Å². The first kappa shape index (κ1) is 8.06. The molecule has 0 radical (unpaired) electrons. The fourth-order valence-corrected chi connectivity index (χ4v) is 2.32. The van der Waals surface area contributed by atoms with Crippen LogP contribution in [-0.2, 0) is 5.41 Å². The van der Waals surface area contributed by atoms with Crippen LogP contribution in [0, 0.1) is 14.9 Å². The van der Waals surface area contributed by atoms with E-state index >= 15 is 0 Å². The van der Waals surface area contributed by atoms with Crippen LogP contribution in [0.2, 0.25) is 0 Å². The Morgan fingerprint density at radius 2 is 2.00 bits per heavy atom. The predicted octanol–water partition coefficient (Wildman–Crippen LogP) is 2.85. The second-order valence-electron chi connectivity index (χ2n) is 3.17. The minimum Gasteiger partial charge on any atom is -0.197 e. The standard InChI is InChI=1S/C10H8IN/c11-9-4-2-1-3-8(9)10(7-12)5-6-10/h1-4H,5-6H2. The zero-order valence-electron chi connectivity index (χ0n) is 6.55. The van der Waals surface area contributed by atoms with Crippen molar-refractivity contribution in [2.75, 3.05) is 0 Å². The lowest BCUT2D eigenvalue weighted by molar-refractivity contribution is 0.900. The Morgan fingerprint density at radius 1 is 1.33 bits per heavy atom. The van der Waals surface area contributed by atoms with Crippen LogP contribution in [0.4, 0.5) is 0 Å². The highest BCUT2D eigenvalue weighted by Crippen LogP contribution is 2.48. The van der Waals surface area contributed by atoms with Crippen molar-refractivity contribution < 1.29 is 0 Å². The number of hydrogen-bond acceptors (Lipinski definition) is 1. The summed E-state index contributed by atoms with van der Waals surface area (Å²) in [5, 5.41) is 8.98. The smallest absolute Gasteiger partial charge is 0.0833 e. The van der Waals surface area contributed by atoms with Crippen molar-refractivity contribution in [1.82, 2.24) is 0 Å². The Labute approximate surface area is 85.5 Å². The van der Waals surface area contributed by atoms with E-state index in [1.54, 1.807) is 0 Å². The molecule has 1 aromatic rings. The topological polar surface area (TPSA) is 23.8 Å². The average molecular weight is 269 g/mol. The molecule has 0 aliphatic heterocycles. The molecule has 1 aliphatic rings. The van der Waals surface area contributed by atoms with Gasteiger partial charge in [0.2, 0.25) is 0 Å². The van der Waals surface area contributed by atoms with Crippen LogP contribution in [0.3, 0.4) is 0 Å². The van der Waals surface area contributed by atoms with E-state index in [4.69, 9.17) is 5.26 Å². The highest BCUT2D eigenvalue weighted by atomic mass is 127. The summed E-state index contributed by atoms with van der Waals surface area (Å²) >= 11 is 2.30. The SMILES string of the molecule is N#CC1(c2ccccc2I)CC1. The molecule has 1 aromatic carbocycles. The molecule has 0 N–H and O–H groups in total. The molecule has 1 fully saturated rings. The quantitative estimate of drug-likeness (QED) is 0.719. The first-order valence-corrected chi connectivity index (χ1v) is 5.03. The Hall–Kier alpha value is -0.560. The van der Waals surface area contributed by atoms with Gasteiger partial charge >= 0.3 is 0 Å². The predicted molar refractivity (Wildman–Crippen MR) is 55.7 cm³/mol. The molecular formula is C10H8IN. The number of nitrogens with zero attached hydrogens (tertiary/aromatic N) is 1. The summed E-state index contributed by atoms with van der Waals surface area (Å²) in [6.45, 7) is 0. The molecule has 0 atom stereocenters. The molecular weight excluding hydrogens is 261 g/mol. The number of benzene rings is 1. The monoisotopic (exact) mass is 269 g/mol. The molecule has 1 saturated carbocycles. The molecule has 60 valence electrons. The summed E-state index contributed by atoms with van der Waals surface area (Å²) in [6.07, 6.45) is 2.06. The molecule has 0 heterocycles. The van der Waals surface area contributed by atoms with Crippen LogP contribution in [0.15, 0.2) is 24.3 Å². The fraction of sp³-hybridized carbons (Fsp3) is 0.300. The van der Waals surface area contributed by atoms with Crippen LogP contribution < -0.4 is 0 Å². The average Bonchev–Trinajstić information content (AvgIpc) is 2.86. The first-order chi connectivity index (χ1) is 5.78. The molecule has 2 rings (SSSR count). The summed E-state index contributed by atoms with van der Waals surface area (Å²) in [7, 11) is 0. The van der Waals surface area contributed by atoms with E-state index in [-0.39, 0.29) is 5.41 Å². The maximum absolute atomic E-state index is 8.98. The van der Waals surface area contributed by atoms with E-state index in [1.165, 1.54) is 9.13 Å². The maximum Gasteiger partial charge on any atom is 0.0833 e. The van der Waals surface area contributed by atoms with E-state index in [0.29, 0.717) is 0 Å². The molecule has 1 nitrogen and oxygen atoms in total. The zero-order chi connectivity index (χ0) is 8.60. The van der Waals surface area contributed by atoms with Gasteiger partial charge in [-0.1, -0.05) is 18.2 Å². The van der Waals surface area contributed by atoms with Crippen molar-refractivity contribution in [2.24, 2.45) is 0 Å². The van der Waals surface area contributed by atoms with Crippen LogP contribution in [0.5, 0.6) is 0 Å². The first-order valence-electron chi connectivity index (χ1n) is 3.95. The van der Waals surface area contributed by atoms with Gasteiger partial charge in [-0.05, 0) is 47.1 Å². The summed E-state index contributed by atoms with van der Waals surface area (Å²) in [6, 6.07) is 10.6. The third-order valence-corrected chi connectivity index (χ3v) is 3.29. The normalized spacial score (nSPS) is 18.3. The minimum absolute atomic E-state index is 0.127. The van der Waals surface area contributed by atoms with Gasteiger partial charge in [0.1, 0.15) is 0 Å². The lowest BCUT2D eigenvalue weighted by Crippen LogP contribution is -2.04. The Bertz CT molecular complexity index is 347. The van der Waals surface area contributed by atoms with Gasteiger partial charge in [-0.25, -0.2) is 0 Å². The van der Waals surface area contributed by atoms with Crippen LogP contribution >= 0.6 is 22.6 Å². The number of hydrogen-bond donors (Lipinski definition) is 0. The van der Waals surface area contributed by atoms with Gasteiger partial charge in [-0.3, -0.25) is 0 Å². The third kappa shape index (κ3) is 1.13. The van der Waals surface area contributed by atoms with E-state index in [9.17, 15) is 0 Å². The second kappa shape index (κ2) is 2.74. The zero-order valence-corrected chi connectivity index (χ0v) is 8.71. The Morgan fingerprint density at radius 3 is 2.50 bits per heavy atom. The van der Waals surface area contributed by atoms with Gasteiger partial charge in [-0.15, -0.1) is 0 Å². The van der Waals surface area contributed by atoms with Crippen LogP contribution in [-0.4, -0.2) is 0 Å². The van der Waals surface area contributed by atoms with Gasteiger partial charge in [0, 0.05) is 3.57 Å². The summed E-state index contributed by atoms with van der Waals surface area (Å²) in [5.74, 6) is 0. The lowest BCUT2D eigenvalue weighted by Gasteiger charge is -2.07. The van der Waals surface area contributed by atoms with Crippen molar-refractivity contribution in [3.8, 4) is 6.07 Å². The third-order valence-electron chi connectivity index (χ3n) is 2.35. The Kier molecular flexibility index (Phi) is 1.84. The molecule has 0 spiro atoms. The van der Waals surface area contributed by atoms with E-state index in [0.717, 1.165) is 12.8 Å². The van der Waals surface area contributed by atoms with Gasteiger partial charge in [0.05, 0.1) is 11.5 Å². The molecule has 12 heavy (non-hydrogen) atoms. The lowest BCUT2D eigenvalue weighted by atomic mass is 9.98. The number of halogens is 1. The fourth-order valence-electron chi connectivity index (χ4n) is 1.42. The van der Waals surface area contributed by atoms with Crippen molar-refractivity contribution in [2.45, 2.75) is 18.3 Å². The number of nitriles is 1. The highest BCUT2D eigenvalue weighted by Gasteiger charge is 2.45. The molecule has 0 aromatic heterocycles. The second-order valence-corrected chi connectivity index (χ2v) is 4.34. The highest BCUT2D eigenvalue weighted by molar-refractivity contribution is 14.1. The molecule has 1 aliphatic carbocycles. The van der Waals surface area contributed by atoms with Crippen LogP contribution in [0.1, 0.15) is 18.4 Å². The number of rotatable bonds is 1. The molecule has 0 bridgehead atoms. The van der Waals surface area contributed by atoms with Crippen molar-refractivity contribution in [3.63, 3.8) is 0 Å². The largest absolute Gasteiger partial charge is 0.197 e. The molecule has 0 amide bonds. The molecule has 0 unspecified atom stereocenters. The van der Waals surface area contributed by atoms with Crippen molar-refractivity contribution in [1.29, 1.82) is 5.26 Å². The van der Waals surface area contributed by atoms with E-state index in [1.807, 2.05) is 12.1 Å². The minimum atomic E-state index is -0.127. The van der Waals surface area contributed by atoms with E-state index < -0.39 is 0 Å².